The predicted molar refractivity (Wildman–Crippen MR) is 94.6 cm³/mol. The Morgan fingerprint density at radius 1 is 1.08 bits per heavy atom. The van der Waals surface area contributed by atoms with E-state index in [1.807, 2.05) is 48.5 Å². The third kappa shape index (κ3) is 3.21. The van der Waals surface area contributed by atoms with Gasteiger partial charge in [-0.05, 0) is 27.6 Å². The lowest BCUT2D eigenvalue weighted by Crippen LogP contribution is -1.97. The summed E-state index contributed by atoms with van der Waals surface area (Å²) in [7, 11) is 1.53. The summed E-state index contributed by atoms with van der Waals surface area (Å²) in [5.74, 6) is 1.39. The van der Waals surface area contributed by atoms with Gasteiger partial charge in [0, 0.05) is 5.56 Å². The lowest BCUT2D eigenvalue weighted by atomic mass is 10.1. The van der Waals surface area contributed by atoms with Gasteiger partial charge < -0.3 is 13.9 Å². The van der Waals surface area contributed by atoms with Gasteiger partial charge in [-0.2, -0.15) is 0 Å². The fourth-order valence-electron chi connectivity index (χ4n) is 2.41. The van der Waals surface area contributed by atoms with Crippen molar-refractivity contribution in [3.63, 3.8) is 0 Å². The summed E-state index contributed by atoms with van der Waals surface area (Å²) < 4.78 is 17.2. The topological polar surface area (TPSA) is 48.7 Å². The lowest BCUT2D eigenvalue weighted by Gasteiger charge is -2.12. The van der Waals surface area contributed by atoms with Crippen molar-refractivity contribution in [3.8, 4) is 22.6 Å². The lowest BCUT2D eigenvalue weighted by molar-refractivity contribution is 0.110. The van der Waals surface area contributed by atoms with E-state index in [0.717, 1.165) is 15.6 Å². The summed E-state index contributed by atoms with van der Waals surface area (Å²) >= 11 is 3.56. The van der Waals surface area contributed by atoms with E-state index < -0.39 is 0 Å². The van der Waals surface area contributed by atoms with Gasteiger partial charge in [0.05, 0.1) is 17.1 Å². The van der Waals surface area contributed by atoms with Gasteiger partial charge in [0.25, 0.3) is 0 Å². The van der Waals surface area contributed by atoms with Crippen LogP contribution in [0.5, 0.6) is 11.5 Å². The molecule has 1 aromatic heterocycles. The first kappa shape index (κ1) is 16.3. The quantitative estimate of drug-likeness (QED) is 0.552. The minimum atomic E-state index is 0.216. The first-order valence-corrected chi connectivity index (χ1v) is 8.10. The number of hydrogen-bond acceptors (Lipinski definition) is 4. The molecular formula is C19H15BrO4. The Morgan fingerprint density at radius 2 is 1.88 bits per heavy atom. The number of hydrogen-bond donors (Lipinski definition) is 0. The molecule has 0 amide bonds. The zero-order valence-electron chi connectivity index (χ0n) is 13.0. The Kier molecular flexibility index (Phi) is 5.01. The van der Waals surface area contributed by atoms with Crippen LogP contribution in [0.3, 0.4) is 0 Å². The largest absolute Gasteiger partial charge is 0.493 e. The standard InChI is InChI=1S/C19H15BrO4/c1-22-17-12-24-16(10-21)18(17)14-8-5-9-15(19(14)20)23-11-13-6-3-2-4-7-13/h2-10,12H,11H2,1H3. The molecule has 0 N–H and O–H groups in total. The first-order chi connectivity index (χ1) is 11.7. The molecule has 0 spiro atoms. The molecular weight excluding hydrogens is 372 g/mol. The molecule has 122 valence electrons. The fourth-order valence-corrected chi connectivity index (χ4v) is 2.99. The van der Waals surface area contributed by atoms with Crippen LogP contribution in [0.1, 0.15) is 16.1 Å². The van der Waals surface area contributed by atoms with Crippen LogP contribution in [-0.4, -0.2) is 13.4 Å². The van der Waals surface area contributed by atoms with Gasteiger partial charge in [-0.15, -0.1) is 0 Å². The SMILES string of the molecule is COc1coc(C=O)c1-c1cccc(OCc2ccccc2)c1Br. The van der Waals surface area contributed by atoms with E-state index in [-0.39, 0.29) is 5.76 Å². The smallest absolute Gasteiger partial charge is 0.186 e. The average Bonchev–Trinajstić information content (AvgIpc) is 3.04. The molecule has 0 saturated carbocycles. The van der Waals surface area contributed by atoms with Gasteiger partial charge in [0.1, 0.15) is 18.6 Å². The van der Waals surface area contributed by atoms with Crippen molar-refractivity contribution >= 4 is 22.2 Å². The molecule has 24 heavy (non-hydrogen) atoms. The second-order valence-electron chi connectivity index (χ2n) is 5.05. The highest BCUT2D eigenvalue weighted by Crippen LogP contribution is 2.42. The van der Waals surface area contributed by atoms with E-state index in [1.54, 1.807) is 0 Å². The predicted octanol–water partition coefficient (Wildman–Crippen LogP) is 5.11. The number of furan rings is 1. The normalized spacial score (nSPS) is 10.4. The zero-order chi connectivity index (χ0) is 16.9. The summed E-state index contributed by atoms with van der Waals surface area (Å²) in [6, 6.07) is 15.5. The van der Waals surface area contributed by atoms with Gasteiger partial charge in [0.15, 0.2) is 17.8 Å². The molecule has 4 nitrogen and oxygen atoms in total. The Balaban J connectivity index is 1.94. The van der Waals surface area contributed by atoms with Crippen LogP contribution in [0.15, 0.2) is 63.7 Å². The van der Waals surface area contributed by atoms with E-state index in [9.17, 15) is 4.79 Å². The first-order valence-electron chi connectivity index (χ1n) is 7.31. The maximum Gasteiger partial charge on any atom is 0.186 e. The van der Waals surface area contributed by atoms with Crippen LogP contribution >= 0.6 is 15.9 Å². The van der Waals surface area contributed by atoms with Crippen molar-refractivity contribution in [2.75, 3.05) is 7.11 Å². The Labute approximate surface area is 148 Å². The third-order valence-corrected chi connectivity index (χ3v) is 4.40. The number of ether oxygens (including phenoxy) is 2. The second-order valence-corrected chi connectivity index (χ2v) is 5.85. The summed E-state index contributed by atoms with van der Waals surface area (Å²) in [5.41, 5.74) is 2.45. The maximum atomic E-state index is 11.2. The number of carbonyl (C=O) groups excluding carboxylic acids is 1. The average molecular weight is 387 g/mol. The number of rotatable bonds is 6. The van der Waals surface area contributed by atoms with Gasteiger partial charge in [0.2, 0.25) is 0 Å². The van der Waals surface area contributed by atoms with Gasteiger partial charge in [-0.25, -0.2) is 0 Å². The molecule has 1 heterocycles. The number of carbonyl (C=O) groups is 1. The summed E-state index contributed by atoms with van der Waals surface area (Å²) in [5, 5.41) is 0. The van der Waals surface area contributed by atoms with Crippen molar-refractivity contribution < 1.29 is 18.7 Å². The Hall–Kier alpha value is -2.53. The van der Waals surface area contributed by atoms with Crippen LogP contribution in [-0.2, 0) is 6.61 Å². The molecule has 0 bridgehead atoms. The number of aldehydes is 1. The van der Waals surface area contributed by atoms with Crippen molar-refractivity contribution in [2.24, 2.45) is 0 Å². The molecule has 0 aliphatic rings. The third-order valence-electron chi connectivity index (χ3n) is 3.58. The molecule has 0 unspecified atom stereocenters. The molecule has 0 atom stereocenters. The molecule has 0 aliphatic heterocycles. The van der Waals surface area contributed by atoms with Gasteiger partial charge in [-0.3, -0.25) is 4.79 Å². The van der Waals surface area contributed by atoms with Crippen molar-refractivity contribution in [2.45, 2.75) is 6.61 Å². The van der Waals surface area contributed by atoms with Crippen molar-refractivity contribution in [1.29, 1.82) is 0 Å². The number of halogens is 1. The van der Waals surface area contributed by atoms with Gasteiger partial charge in [-0.1, -0.05) is 42.5 Å². The van der Waals surface area contributed by atoms with Gasteiger partial charge >= 0.3 is 0 Å². The maximum absolute atomic E-state index is 11.2. The molecule has 0 saturated heterocycles. The zero-order valence-corrected chi connectivity index (χ0v) is 14.6. The molecule has 5 heteroatoms. The molecule has 3 rings (SSSR count). The summed E-state index contributed by atoms with van der Waals surface area (Å²) in [6.07, 6.45) is 2.09. The van der Waals surface area contributed by atoms with E-state index >= 15 is 0 Å². The van der Waals surface area contributed by atoms with Crippen molar-refractivity contribution in [1.82, 2.24) is 0 Å². The van der Waals surface area contributed by atoms with Crippen LogP contribution in [0, 0.1) is 0 Å². The van der Waals surface area contributed by atoms with E-state index in [0.29, 0.717) is 30.0 Å². The highest BCUT2D eigenvalue weighted by molar-refractivity contribution is 9.10. The Morgan fingerprint density at radius 3 is 2.58 bits per heavy atom. The van der Waals surface area contributed by atoms with Crippen LogP contribution in [0.4, 0.5) is 0 Å². The van der Waals surface area contributed by atoms with Crippen LogP contribution in [0.25, 0.3) is 11.1 Å². The molecule has 0 aliphatic carbocycles. The highest BCUT2D eigenvalue weighted by atomic mass is 79.9. The number of methoxy groups -OCH3 is 1. The molecule has 3 aromatic rings. The summed E-state index contributed by atoms with van der Waals surface area (Å²) in [4.78, 5) is 11.2. The van der Waals surface area contributed by atoms with Crippen molar-refractivity contribution in [3.05, 3.63) is 70.6 Å². The minimum absolute atomic E-state index is 0.216. The number of benzene rings is 2. The molecule has 2 aromatic carbocycles. The van der Waals surface area contributed by atoms with Crippen LogP contribution < -0.4 is 9.47 Å². The minimum Gasteiger partial charge on any atom is -0.493 e. The fraction of sp³-hybridized carbons (Fsp3) is 0.105. The monoisotopic (exact) mass is 386 g/mol. The second kappa shape index (κ2) is 7.36. The van der Waals surface area contributed by atoms with Crippen LogP contribution in [0.2, 0.25) is 0 Å². The van der Waals surface area contributed by atoms with E-state index in [1.165, 1.54) is 13.4 Å². The summed E-state index contributed by atoms with van der Waals surface area (Å²) in [6.45, 7) is 0.450. The molecule has 0 fully saturated rings. The molecule has 0 radical (unpaired) electrons. The van der Waals surface area contributed by atoms with E-state index in [4.69, 9.17) is 13.9 Å². The highest BCUT2D eigenvalue weighted by Gasteiger charge is 2.20. The van der Waals surface area contributed by atoms with E-state index in [2.05, 4.69) is 15.9 Å². The Bertz CT molecular complexity index is 840.